The molecule has 0 aliphatic carbocycles. The maximum atomic E-state index is 12.7. The number of halogens is 5. The summed E-state index contributed by atoms with van der Waals surface area (Å²) in [4.78, 5) is 7.86. The molecular weight excluding hydrogens is 372 g/mol. The highest BCUT2D eigenvalue weighted by Gasteiger charge is 2.34. The summed E-state index contributed by atoms with van der Waals surface area (Å²) in [6.45, 7) is 0. The van der Waals surface area contributed by atoms with Gasteiger partial charge in [-0.25, -0.2) is 9.97 Å². The van der Waals surface area contributed by atoms with Crippen LogP contribution in [-0.4, -0.2) is 17.1 Å². The lowest BCUT2D eigenvalue weighted by molar-refractivity contribution is -0.140. The average molecular weight is 379 g/mol. The zero-order valence-corrected chi connectivity index (χ0v) is 13.7. The van der Waals surface area contributed by atoms with Crippen LogP contribution in [0.3, 0.4) is 0 Å². The van der Waals surface area contributed by atoms with Gasteiger partial charge in [0.05, 0.1) is 17.6 Å². The first-order valence-electron chi connectivity index (χ1n) is 6.17. The van der Waals surface area contributed by atoms with Crippen LogP contribution in [0.1, 0.15) is 5.69 Å². The Morgan fingerprint density at radius 3 is 2.52 bits per heavy atom. The maximum Gasteiger partial charge on any atom is 0.434 e. The van der Waals surface area contributed by atoms with Gasteiger partial charge in [-0.2, -0.15) is 13.2 Å². The van der Waals surface area contributed by atoms with Gasteiger partial charge in [-0.15, -0.1) is 11.3 Å². The number of alkyl halides is 3. The Bertz CT molecular complexity index is 896. The number of rotatable bonds is 2. The van der Waals surface area contributed by atoms with Crippen LogP contribution < -0.4 is 4.74 Å². The molecule has 0 amide bonds. The number of pyridine rings is 1. The molecule has 0 spiro atoms. The summed E-state index contributed by atoms with van der Waals surface area (Å²) >= 11 is 13.2. The van der Waals surface area contributed by atoms with E-state index in [0.29, 0.717) is 21.7 Å². The molecular formula is C14H7Cl2F3N2OS. The fraction of sp³-hybridized carbons (Fsp3) is 0.143. The zero-order valence-electron chi connectivity index (χ0n) is 11.4. The van der Waals surface area contributed by atoms with Crippen LogP contribution in [0.25, 0.3) is 21.6 Å². The summed E-state index contributed by atoms with van der Waals surface area (Å²) in [6, 6.07) is 4.79. The van der Waals surface area contributed by atoms with E-state index >= 15 is 0 Å². The molecule has 0 bridgehead atoms. The first kappa shape index (κ1) is 16.3. The van der Waals surface area contributed by atoms with Gasteiger partial charge in [0.1, 0.15) is 21.5 Å². The lowest BCUT2D eigenvalue weighted by Gasteiger charge is -2.08. The number of hydrogen-bond acceptors (Lipinski definition) is 4. The van der Waals surface area contributed by atoms with Gasteiger partial charge in [0.25, 0.3) is 0 Å². The molecule has 3 nitrogen and oxygen atoms in total. The summed E-state index contributed by atoms with van der Waals surface area (Å²) in [5, 5.41) is 2.18. The van der Waals surface area contributed by atoms with Crippen LogP contribution in [0.4, 0.5) is 13.2 Å². The molecule has 120 valence electrons. The molecule has 9 heteroatoms. The summed E-state index contributed by atoms with van der Waals surface area (Å²) in [6.07, 6.45) is -4.50. The lowest BCUT2D eigenvalue weighted by atomic mass is 10.2. The predicted molar refractivity (Wildman–Crippen MR) is 84.4 cm³/mol. The number of hydrogen-bond donors (Lipinski definition) is 0. The molecule has 23 heavy (non-hydrogen) atoms. The van der Waals surface area contributed by atoms with Crippen molar-refractivity contribution in [3.05, 3.63) is 39.3 Å². The van der Waals surface area contributed by atoms with Crippen LogP contribution in [0.5, 0.6) is 5.75 Å². The van der Waals surface area contributed by atoms with E-state index in [1.807, 2.05) is 0 Å². The largest absolute Gasteiger partial charge is 0.495 e. The Morgan fingerprint density at radius 2 is 1.91 bits per heavy atom. The van der Waals surface area contributed by atoms with E-state index in [4.69, 9.17) is 27.9 Å². The highest BCUT2D eigenvalue weighted by molar-refractivity contribution is 7.13. The molecule has 0 unspecified atom stereocenters. The number of aromatic nitrogens is 2. The highest BCUT2D eigenvalue weighted by atomic mass is 35.5. The van der Waals surface area contributed by atoms with Crippen molar-refractivity contribution in [2.75, 3.05) is 7.11 Å². The minimum Gasteiger partial charge on any atom is -0.495 e. The van der Waals surface area contributed by atoms with Crippen molar-refractivity contribution in [2.45, 2.75) is 6.18 Å². The van der Waals surface area contributed by atoms with E-state index in [9.17, 15) is 13.2 Å². The lowest BCUT2D eigenvalue weighted by Crippen LogP contribution is -2.04. The normalized spacial score (nSPS) is 11.9. The van der Waals surface area contributed by atoms with Crippen molar-refractivity contribution >= 4 is 45.4 Å². The first-order valence-corrected chi connectivity index (χ1v) is 7.80. The third-order valence-corrected chi connectivity index (χ3v) is 4.61. The third kappa shape index (κ3) is 2.96. The van der Waals surface area contributed by atoms with E-state index < -0.39 is 11.9 Å². The molecule has 0 saturated carbocycles. The summed E-state index contributed by atoms with van der Waals surface area (Å²) in [5.74, 6) is 0.398. The molecule has 3 aromatic rings. The van der Waals surface area contributed by atoms with Crippen molar-refractivity contribution in [3.63, 3.8) is 0 Å². The number of fused-ring (bicyclic) bond motifs is 1. The van der Waals surface area contributed by atoms with Gasteiger partial charge in [0, 0.05) is 10.8 Å². The van der Waals surface area contributed by atoms with Crippen LogP contribution in [0, 0.1) is 0 Å². The Hall–Kier alpha value is -1.57. The fourth-order valence-corrected chi connectivity index (χ4v) is 3.31. The van der Waals surface area contributed by atoms with Gasteiger partial charge >= 0.3 is 6.18 Å². The van der Waals surface area contributed by atoms with Crippen LogP contribution in [0.15, 0.2) is 23.6 Å². The van der Waals surface area contributed by atoms with Crippen LogP contribution in [-0.2, 0) is 6.18 Å². The number of thiazole rings is 1. The Morgan fingerprint density at radius 1 is 1.17 bits per heavy atom. The highest BCUT2D eigenvalue weighted by Crippen LogP contribution is 2.38. The Kier molecular flexibility index (Phi) is 4.12. The number of ether oxygens (including phenoxy) is 1. The summed E-state index contributed by atoms with van der Waals surface area (Å²) in [7, 11) is 1.45. The summed E-state index contributed by atoms with van der Waals surface area (Å²) < 4.78 is 43.1. The molecule has 0 aliphatic rings. The smallest absolute Gasteiger partial charge is 0.434 e. The number of methoxy groups -OCH3 is 1. The van der Waals surface area contributed by atoms with Gasteiger partial charge in [0.2, 0.25) is 0 Å². The third-order valence-electron chi connectivity index (χ3n) is 3.07. The second kappa shape index (κ2) is 5.81. The second-order valence-electron chi connectivity index (χ2n) is 4.50. The Labute approximate surface area is 142 Å². The SMILES string of the molecule is COc1ccc2c(Cl)cc(-c3nc(C(F)(F)F)cs3)nc2c1Cl. The van der Waals surface area contributed by atoms with Gasteiger partial charge in [-0.3, -0.25) is 0 Å². The van der Waals surface area contributed by atoms with E-state index in [2.05, 4.69) is 9.97 Å². The maximum absolute atomic E-state index is 12.7. The van der Waals surface area contributed by atoms with Gasteiger partial charge in [-0.1, -0.05) is 23.2 Å². The first-order chi connectivity index (χ1) is 10.8. The van der Waals surface area contributed by atoms with Crippen LogP contribution >= 0.6 is 34.5 Å². The molecule has 0 N–H and O–H groups in total. The molecule has 0 atom stereocenters. The molecule has 0 aliphatic heterocycles. The van der Waals surface area contributed by atoms with E-state index in [1.54, 1.807) is 12.1 Å². The van der Waals surface area contributed by atoms with Gasteiger partial charge in [-0.05, 0) is 18.2 Å². The minimum absolute atomic E-state index is 0.111. The van der Waals surface area contributed by atoms with Crippen molar-refractivity contribution in [1.29, 1.82) is 0 Å². The van der Waals surface area contributed by atoms with E-state index in [1.165, 1.54) is 13.2 Å². The average Bonchev–Trinajstić information content (AvgIpc) is 2.98. The molecule has 0 saturated heterocycles. The predicted octanol–water partition coefficient (Wildman–Crippen LogP) is 5.69. The zero-order chi connectivity index (χ0) is 16.8. The monoisotopic (exact) mass is 378 g/mol. The topological polar surface area (TPSA) is 35.0 Å². The second-order valence-corrected chi connectivity index (χ2v) is 6.15. The molecule has 0 fully saturated rings. The van der Waals surface area contributed by atoms with Gasteiger partial charge in [0.15, 0.2) is 5.69 Å². The van der Waals surface area contributed by atoms with Crippen molar-refractivity contribution in [2.24, 2.45) is 0 Å². The van der Waals surface area contributed by atoms with Crippen molar-refractivity contribution in [1.82, 2.24) is 9.97 Å². The van der Waals surface area contributed by atoms with E-state index in [-0.39, 0.29) is 15.7 Å². The van der Waals surface area contributed by atoms with E-state index in [0.717, 1.165) is 16.7 Å². The number of nitrogens with zero attached hydrogens (tertiary/aromatic N) is 2. The fourth-order valence-electron chi connectivity index (χ4n) is 1.99. The van der Waals surface area contributed by atoms with Crippen LogP contribution in [0.2, 0.25) is 10.0 Å². The van der Waals surface area contributed by atoms with Crippen molar-refractivity contribution < 1.29 is 17.9 Å². The standard InChI is InChI=1S/C14H7Cl2F3N2OS/c1-22-9-3-2-6-7(15)4-8(20-12(6)11(9)16)13-21-10(5-23-13)14(17,18)19/h2-5H,1H3. The number of benzene rings is 1. The molecule has 2 aromatic heterocycles. The molecule has 2 heterocycles. The minimum atomic E-state index is -4.50. The Balaban J connectivity index is 2.19. The quantitative estimate of drug-likeness (QED) is 0.574. The molecule has 0 radical (unpaired) electrons. The van der Waals surface area contributed by atoms with Gasteiger partial charge < -0.3 is 4.74 Å². The molecule has 3 rings (SSSR count). The summed E-state index contributed by atoms with van der Waals surface area (Å²) in [5.41, 5.74) is -0.400. The van der Waals surface area contributed by atoms with Crippen molar-refractivity contribution in [3.8, 4) is 16.5 Å². The molecule has 1 aromatic carbocycles.